The van der Waals surface area contributed by atoms with E-state index in [0.29, 0.717) is 18.8 Å². The van der Waals surface area contributed by atoms with Gasteiger partial charge in [0.15, 0.2) is 0 Å². The van der Waals surface area contributed by atoms with Gasteiger partial charge in [0.1, 0.15) is 17.7 Å². The van der Waals surface area contributed by atoms with Crippen molar-refractivity contribution in [3.05, 3.63) is 63.8 Å². The highest BCUT2D eigenvalue weighted by Gasteiger charge is 2.33. The number of nitrogens with zero attached hydrogens (tertiary/aromatic N) is 2. The van der Waals surface area contributed by atoms with Crippen molar-refractivity contribution < 1.29 is 13.9 Å². The monoisotopic (exact) mass is 316 g/mol. The molecule has 1 saturated heterocycles. The molecule has 0 radical (unpaired) electrons. The summed E-state index contributed by atoms with van der Waals surface area (Å²) in [5.41, 5.74) is 0.722. The Kier molecular flexibility index (Phi) is 3.90. The zero-order chi connectivity index (χ0) is 16.6. The number of hydrogen-bond acceptors (Lipinski definition) is 3. The number of pyridine rings is 1. The predicted molar refractivity (Wildman–Crippen MR) is 83.1 cm³/mol. The lowest BCUT2D eigenvalue weighted by Gasteiger charge is -2.39. The number of amides is 1. The molecule has 23 heavy (non-hydrogen) atoms. The summed E-state index contributed by atoms with van der Waals surface area (Å²) in [5, 5.41) is 0. The molecule has 3 rings (SSSR count). The standard InChI is InChI=1S/C17H17FN2O3/c1-11-7-12(8-16(21)19(11)2)23-13-9-20(10-13)17(22)14-5-3-4-6-15(14)18/h3-8,13H,9-10H2,1-2H3. The van der Waals surface area contributed by atoms with E-state index >= 15 is 0 Å². The third kappa shape index (κ3) is 2.97. The molecule has 0 saturated carbocycles. The van der Waals surface area contributed by atoms with Gasteiger partial charge in [0.2, 0.25) is 0 Å². The fourth-order valence-corrected chi connectivity index (χ4v) is 2.48. The van der Waals surface area contributed by atoms with Gasteiger partial charge in [-0.25, -0.2) is 4.39 Å². The van der Waals surface area contributed by atoms with Gasteiger partial charge in [-0.15, -0.1) is 0 Å². The lowest BCUT2D eigenvalue weighted by molar-refractivity contribution is 0.0173. The van der Waals surface area contributed by atoms with E-state index in [2.05, 4.69) is 0 Å². The predicted octanol–water partition coefficient (Wildman–Crippen LogP) is 1.74. The fourth-order valence-electron chi connectivity index (χ4n) is 2.48. The van der Waals surface area contributed by atoms with Gasteiger partial charge in [0.05, 0.1) is 18.7 Å². The van der Waals surface area contributed by atoms with Crippen LogP contribution in [0.5, 0.6) is 5.75 Å². The lowest BCUT2D eigenvalue weighted by atomic mass is 10.1. The Morgan fingerprint density at radius 3 is 2.61 bits per heavy atom. The summed E-state index contributed by atoms with van der Waals surface area (Å²) in [7, 11) is 1.69. The maximum Gasteiger partial charge on any atom is 0.257 e. The van der Waals surface area contributed by atoms with Gasteiger partial charge < -0.3 is 14.2 Å². The van der Waals surface area contributed by atoms with Gasteiger partial charge in [-0.3, -0.25) is 9.59 Å². The van der Waals surface area contributed by atoms with Gasteiger partial charge >= 0.3 is 0 Å². The maximum atomic E-state index is 13.6. The Hall–Kier alpha value is -2.63. The molecule has 0 spiro atoms. The van der Waals surface area contributed by atoms with Gasteiger partial charge in [-0.05, 0) is 25.1 Å². The van der Waals surface area contributed by atoms with Crippen LogP contribution < -0.4 is 10.3 Å². The molecule has 0 atom stereocenters. The Labute approximate surface area is 132 Å². The van der Waals surface area contributed by atoms with Crippen molar-refractivity contribution in [2.24, 2.45) is 7.05 Å². The molecule has 0 bridgehead atoms. The second-order valence-electron chi connectivity index (χ2n) is 5.66. The van der Waals surface area contributed by atoms with Crippen LogP contribution in [0.3, 0.4) is 0 Å². The Morgan fingerprint density at radius 1 is 1.26 bits per heavy atom. The normalized spacial score (nSPS) is 14.5. The minimum Gasteiger partial charge on any atom is -0.486 e. The minimum atomic E-state index is -0.524. The van der Waals surface area contributed by atoms with E-state index in [9.17, 15) is 14.0 Å². The van der Waals surface area contributed by atoms with Crippen LogP contribution in [0.1, 0.15) is 16.1 Å². The lowest BCUT2D eigenvalue weighted by Crippen LogP contribution is -2.56. The highest BCUT2D eigenvalue weighted by atomic mass is 19.1. The minimum absolute atomic E-state index is 0.0652. The van der Waals surface area contributed by atoms with Gasteiger partial charge in [-0.1, -0.05) is 12.1 Å². The average molecular weight is 316 g/mol. The van der Waals surface area contributed by atoms with Crippen molar-refractivity contribution in [1.29, 1.82) is 0 Å². The summed E-state index contributed by atoms with van der Waals surface area (Å²) in [5.74, 6) is -0.374. The van der Waals surface area contributed by atoms with Crippen LogP contribution in [0.2, 0.25) is 0 Å². The van der Waals surface area contributed by atoms with Crippen molar-refractivity contribution in [2.45, 2.75) is 13.0 Å². The molecule has 1 fully saturated rings. The van der Waals surface area contributed by atoms with Gasteiger partial charge in [0.25, 0.3) is 11.5 Å². The summed E-state index contributed by atoms with van der Waals surface area (Å²) in [6.07, 6.45) is -0.183. The third-order valence-corrected chi connectivity index (χ3v) is 4.02. The van der Waals surface area contributed by atoms with E-state index in [1.807, 2.05) is 6.92 Å². The number of rotatable bonds is 3. The van der Waals surface area contributed by atoms with Crippen molar-refractivity contribution in [3.63, 3.8) is 0 Å². The summed E-state index contributed by atoms with van der Waals surface area (Å²) >= 11 is 0. The Balaban J connectivity index is 1.63. The number of ether oxygens (including phenoxy) is 1. The summed E-state index contributed by atoms with van der Waals surface area (Å²) in [4.78, 5) is 25.4. The highest BCUT2D eigenvalue weighted by molar-refractivity contribution is 5.95. The zero-order valence-corrected chi connectivity index (χ0v) is 13.0. The largest absolute Gasteiger partial charge is 0.486 e. The van der Waals surface area contributed by atoms with Crippen molar-refractivity contribution in [1.82, 2.24) is 9.47 Å². The molecule has 6 heteroatoms. The van der Waals surface area contributed by atoms with E-state index in [1.54, 1.807) is 25.2 Å². The van der Waals surface area contributed by atoms with Gasteiger partial charge in [-0.2, -0.15) is 0 Å². The number of carbonyl (C=O) groups is 1. The second-order valence-corrected chi connectivity index (χ2v) is 5.66. The number of likely N-dealkylation sites (tertiary alicyclic amines) is 1. The molecule has 0 unspecified atom stereocenters. The second kappa shape index (κ2) is 5.87. The van der Waals surface area contributed by atoms with E-state index < -0.39 is 5.82 Å². The molecule has 2 heterocycles. The van der Waals surface area contributed by atoms with Crippen LogP contribution in [0.4, 0.5) is 4.39 Å². The fraction of sp³-hybridized carbons (Fsp3) is 0.294. The number of carbonyl (C=O) groups excluding carboxylic acids is 1. The van der Waals surface area contributed by atoms with Gasteiger partial charge in [0, 0.05) is 18.8 Å². The highest BCUT2D eigenvalue weighted by Crippen LogP contribution is 2.20. The molecule has 1 aliphatic rings. The summed E-state index contributed by atoms with van der Waals surface area (Å²) < 4.78 is 20.9. The summed E-state index contributed by atoms with van der Waals surface area (Å²) in [6.45, 7) is 2.58. The number of halogens is 1. The first-order valence-corrected chi connectivity index (χ1v) is 7.34. The number of aryl methyl sites for hydroxylation is 1. The first-order valence-electron chi connectivity index (χ1n) is 7.34. The molecule has 1 aromatic heterocycles. The molecule has 1 aromatic carbocycles. The van der Waals surface area contributed by atoms with Crippen LogP contribution in [-0.4, -0.2) is 34.6 Å². The van der Waals surface area contributed by atoms with E-state index in [1.165, 1.54) is 27.7 Å². The molecule has 5 nitrogen and oxygen atoms in total. The summed E-state index contributed by atoms with van der Waals surface area (Å²) in [6, 6.07) is 9.12. The topological polar surface area (TPSA) is 51.5 Å². The SMILES string of the molecule is Cc1cc(OC2CN(C(=O)c3ccccc3F)C2)cc(=O)n1C. The van der Waals surface area contributed by atoms with Crippen LogP contribution in [0.25, 0.3) is 0 Å². The Bertz CT molecular complexity index is 810. The molecular weight excluding hydrogens is 299 g/mol. The van der Waals surface area contributed by atoms with E-state index in [0.717, 1.165) is 5.69 Å². The van der Waals surface area contributed by atoms with Crippen molar-refractivity contribution in [2.75, 3.05) is 13.1 Å². The molecule has 1 amide bonds. The first kappa shape index (κ1) is 15.3. The van der Waals surface area contributed by atoms with Crippen LogP contribution >= 0.6 is 0 Å². The van der Waals surface area contributed by atoms with Crippen LogP contribution in [0, 0.1) is 12.7 Å². The Morgan fingerprint density at radius 2 is 1.96 bits per heavy atom. The number of benzene rings is 1. The first-order chi connectivity index (χ1) is 11.0. The molecule has 0 N–H and O–H groups in total. The number of aromatic nitrogens is 1. The van der Waals surface area contributed by atoms with E-state index in [-0.39, 0.29) is 23.1 Å². The average Bonchev–Trinajstić information content (AvgIpc) is 2.48. The number of hydrogen-bond donors (Lipinski definition) is 0. The van der Waals surface area contributed by atoms with Crippen LogP contribution in [-0.2, 0) is 7.05 Å². The molecule has 1 aliphatic heterocycles. The molecule has 120 valence electrons. The zero-order valence-electron chi connectivity index (χ0n) is 13.0. The quantitative estimate of drug-likeness (QED) is 0.867. The molecule has 0 aliphatic carbocycles. The maximum absolute atomic E-state index is 13.6. The molecule has 2 aromatic rings. The van der Waals surface area contributed by atoms with Crippen molar-refractivity contribution in [3.8, 4) is 5.75 Å². The van der Waals surface area contributed by atoms with Crippen LogP contribution in [0.15, 0.2) is 41.2 Å². The smallest absolute Gasteiger partial charge is 0.257 e. The van der Waals surface area contributed by atoms with Crippen molar-refractivity contribution >= 4 is 5.91 Å². The third-order valence-electron chi connectivity index (χ3n) is 4.02. The molecular formula is C17H17FN2O3. The van der Waals surface area contributed by atoms with E-state index in [4.69, 9.17) is 4.74 Å².